The number of anilines is 3. The summed E-state index contributed by atoms with van der Waals surface area (Å²) in [6.45, 7) is 4.12. The molecule has 1 heterocycles. The topological polar surface area (TPSA) is 90.7 Å². The van der Waals surface area contributed by atoms with E-state index >= 15 is 0 Å². The summed E-state index contributed by atoms with van der Waals surface area (Å²) in [7, 11) is 0. The van der Waals surface area contributed by atoms with Crippen LogP contribution in [0.15, 0.2) is 54.9 Å². The summed E-state index contributed by atoms with van der Waals surface area (Å²) in [6.07, 6.45) is 3.87. The fourth-order valence-electron chi connectivity index (χ4n) is 2.66. The lowest BCUT2D eigenvalue weighted by atomic mass is 10.1. The van der Waals surface area contributed by atoms with Gasteiger partial charge in [0.1, 0.15) is 0 Å². The molecule has 3 rings (SSSR count). The zero-order valence-corrected chi connectivity index (χ0v) is 15.2. The Morgan fingerprint density at radius 3 is 2.44 bits per heavy atom. The summed E-state index contributed by atoms with van der Waals surface area (Å²) in [4.78, 5) is 20.8. The Bertz CT molecular complexity index is 989. The van der Waals surface area contributed by atoms with Crippen LogP contribution in [-0.2, 0) is 6.42 Å². The average Bonchev–Trinajstić information content (AvgIpc) is 2.70. The summed E-state index contributed by atoms with van der Waals surface area (Å²) < 4.78 is 0. The maximum Gasteiger partial charge on any atom is 0.258 e. The van der Waals surface area contributed by atoms with Gasteiger partial charge in [-0.2, -0.15) is 5.26 Å². The molecule has 0 unspecified atom stereocenters. The molecular formula is C21H19N5O. The van der Waals surface area contributed by atoms with Crippen molar-refractivity contribution in [3.8, 4) is 6.07 Å². The van der Waals surface area contributed by atoms with E-state index in [9.17, 15) is 4.79 Å². The molecule has 0 saturated heterocycles. The molecule has 0 bridgehead atoms. The molecule has 134 valence electrons. The number of nitrogens with one attached hydrogen (secondary N) is 2. The molecule has 6 nitrogen and oxygen atoms in total. The van der Waals surface area contributed by atoms with Gasteiger partial charge in [0.2, 0.25) is 5.95 Å². The summed E-state index contributed by atoms with van der Waals surface area (Å²) in [5.74, 6) is 0.130. The molecule has 0 aliphatic rings. The number of amides is 1. The van der Waals surface area contributed by atoms with Gasteiger partial charge < -0.3 is 10.6 Å². The van der Waals surface area contributed by atoms with Crippen LogP contribution in [0.25, 0.3) is 0 Å². The number of rotatable bonds is 5. The smallest absolute Gasteiger partial charge is 0.258 e. The highest BCUT2D eigenvalue weighted by atomic mass is 16.1. The van der Waals surface area contributed by atoms with Crippen molar-refractivity contribution in [1.82, 2.24) is 9.97 Å². The Kier molecular flexibility index (Phi) is 5.43. The van der Waals surface area contributed by atoms with Crippen LogP contribution < -0.4 is 10.6 Å². The number of aromatic nitrogens is 2. The summed E-state index contributed by atoms with van der Waals surface area (Å²) in [6, 6.07) is 14.8. The summed E-state index contributed by atoms with van der Waals surface area (Å²) in [5.41, 5.74) is 4.78. The molecule has 1 aromatic heterocycles. The largest absolute Gasteiger partial charge is 0.324 e. The first kappa shape index (κ1) is 18.1. The third-order valence-corrected chi connectivity index (χ3v) is 4.16. The maximum atomic E-state index is 12.3. The maximum absolute atomic E-state index is 12.3. The molecule has 3 aromatic rings. The van der Waals surface area contributed by atoms with Crippen molar-refractivity contribution < 1.29 is 4.79 Å². The first-order valence-electron chi connectivity index (χ1n) is 8.59. The predicted octanol–water partition coefficient (Wildman–Crippen LogP) is 4.22. The average molecular weight is 357 g/mol. The van der Waals surface area contributed by atoms with Gasteiger partial charge in [0.05, 0.1) is 17.2 Å². The van der Waals surface area contributed by atoms with Crippen LogP contribution in [-0.4, -0.2) is 15.9 Å². The molecule has 0 fully saturated rings. The lowest BCUT2D eigenvalue weighted by Crippen LogP contribution is -2.13. The van der Waals surface area contributed by atoms with Gasteiger partial charge >= 0.3 is 0 Å². The van der Waals surface area contributed by atoms with Crippen LogP contribution in [0.2, 0.25) is 0 Å². The van der Waals surface area contributed by atoms with E-state index in [1.54, 1.807) is 24.3 Å². The lowest BCUT2D eigenvalue weighted by Gasteiger charge is -2.13. The van der Waals surface area contributed by atoms with E-state index in [1.165, 1.54) is 18.0 Å². The third kappa shape index (κ3) is 4.28. The van der Waals surface area contributed by atoms with Gasteiger partial charge in [-0.1, -0.05) is 25.1 Å². The first-order chi connectivity index (χ1) is 13.1. The Balaban J connectivity index is 1.71. The number of carbonyl (C=O) groups excluding carboxylic acids is 1. The number of nitrogens with zero attached hydrogens (tertiary/aromatic N) is 3. The standard InChI is InChI=1S/C21H19N5O/c1-3-16-6-4-5-14(2)19(16)26-21-23-12-17(13-24-21)20(27)25-18-9-7-15(11-22)8-10-18/h4-10,12-13H,3H2,1-2H3,(H,25,27)(H,23,24,26). The van der Waals surface area contributed by atoms with E-state index in [2.05, 4.69) is 33.6 Å². The SMILES string of the molecule is CCc1cccc(C)c1Nc1ncc(C(=O)Nc2ccc(C#N)cc2)cn1. The quantitative estimate of drug-likeness (QED) is 0.713. The zero-order chi connectivity index (χ0) is 19.2. The second kappa shape index (κ2) is 8.11. The fourth-order valence-corrected chi connectivity index (χ4v) is 2.66. The molecule has 27 heavy (non-hydrogen) atoms. The van der Waals surface area contributed by atoms with Crippen LogP contribution >= 0.6 is 0 Å². The van der Waals surface area contributed by atoms with E-state index in [-0.39, 0.29) is 5.91 Å². The second-order valence-electron chi connectivity index (χ2n) is 6.03. The minimum atomic E-state index is -0.309. The lowest BCUT2D eigenvalue weighted by molar-refractivity contribution is 0.102. The van der Waals surface area contributed by atoms with Gasteiger partial charge in [0.15, 0.2) is 0 Å². The Morgan fingerprint density at radius 2 is 1.81 bits per heavy atom. The molecule has 0 aliphatic carbocycles. The molecule has 1 amide bonds. The van der Waals surface area contributed by atoms with Crippen molar-refractivity contribution in [1.29, 1.82) is 5.26 Å². The van der Waals surface area contributed by atoms with Crippen LogP contribution in [0.4, 0.5) is 17.3 Å². The Hall–Kier alpha value is -3.72. The van der Waals surface area contributed by atoms with Crippen molar-refractivity contribution in [3.63, 3.8) is 0 Å². The Morgan fingerprint density at radius 1 is 1.11 bits per heavy atom. The van der Waals surface area contributed by atoms with Gasteiger partial charge in [-0.05, 0) is 48.7 Å². The highest BCUT2D eigenvalue weighted by Gasteiger charge is 2.10. The molecule has 6 heteroatoms. The number of hydrogen-bond donors (Lipinski definition) is 2. The van der Waals surface area contributed by atoms with E-state index in [4.69, 9.17) is 5.26 Å². The van der Waals surface area contributed by atoms with Crippen molar-refractivity contribution in [2.75, 3.05) is 10.6 Å². The highest BCUT2D eigenvalue weighted by Crippen LogP contribution is 2.23. The fraction of sp³-hybridized carbons (Fsp3) is 0.143. The molecule has 2 N–H and O–H groups in total. The molecule has 2 aromatic carbocycles. The van der Waals surface area contributed by atoms with Gasteiger partial charge in [-0.3, -0.25) is 4.79 Å². The van der Waals surface area contributed by atoms with Gasteiger partial charge in [-0.25, -0.2) is 9.97 Å². The number of nitriles is 1. The van der Waals surface area contributed by atoms with Crippen molar-refractivity contribution >= 4 is 23.2 Å². The highest BCUT2D eigenvalue weighted by molar-refractivity contribution is 6.03. The number of aryl methyl sites for hydroxylation is 2. The number of hydrogen-bond acceptors (Lipinski definition) is 5. The van der Waals surface area contributed by atoms with E-state index in [0.29, 0.717) is 22.8 Å². The van der Waals surface area contributed by atoms with Crippen LogP contribution in [0.3, 0.4) is 0 Å². The molecule has 0 radical (unpaired) electrons. The second-order valence-corrected chi connectivity index (χ2v) is 6.03. The molecule has 0 aliphatic heterocycles. The van der Waals surface area contributed by atoms with Crippen molar-refractivity contribution in [2.45, 2.75) is 20.3 Å². The summed E-state index contributed by atoms with van der Waals surface area (Å²) in [5, 5.41) is 14.8. The number of para-hydroxylation sites is 1. The van der Waals surface area contributed by atoms with Gasteiger partial charge in [-0.15, -0.1) is 0 Å². The molecular weight excluding hydrogens is 338 g/mol. The third-order valence-electron chi connectivity index (χ3n) is 4.16. The molecule has 0 saturated carbocycles. The van der Waals surface area contributed by atoms with E-state index in [1.807, 2.05) is 25.1 Å². The van der Waals surface area contributed by atoms with Crippen molar-refractivity contribution in [3.05, 3.63) is 77.1 Å². The normalized spacial score (nSPS) is 10.1. The monoisotopic (exact) mass is 357 g/mol. The number of carbonyl (C=O) groups is 1. The zero-order valence-electron chi connectivity index (χ0n) is 15.2. The summed E-state index contributed by atoms with van der Waals surface area (Å²) >= 11 is 0. The van der Waals surface area contributed by atoms with E-state index < -0.39 is 0 Å². The van der Waals surface area contributed by atoms with E-state index in [0.717, 1.165) is 17.7 Å². The van der Waals surface area contributed by atoms with Crippen LogP contribution in [0.1, 0.15) is 34.0 Å². The number of benzene rings is 2. The Labute approximate surface area is 157 Å². The predicted molar refractivity (Wildman–Crippen MR) is 105 cm³/mol. The first-order valence-corrected chi connectivity index (χ1v) is 8.59. The molecule has 0 spiro atoms. The van der Waals surface area contributed by atoms with Crippen LogP contribution in [0, 0.1) is 18.3 Å². The van der Waals surface area contributed by atoms with Crippen LogP contribution in [0.5, 0.6) is 0 Å². The minimum absolute atomic E-state index is 0.309. The molecule has 0 atom stereocenters. The minimum Gasteiger partial charge on any atom is -0.324 e. The van der Waals surface area contributed by atoms with Gasteiger partial charge in [0, 0.05) is 23.8 Å². The van der Waals surface area contributed by atoms with Gasteiger partial charge in [0.25, 0.3) is 5.91 Å². The van der Waals surface area contributed by atoms with Crippen molar-refractivity contribution in [2.24, 2.45) is 0 Å².